The molecule has 0 fully saturated rings. The number of nitrogens with zero attached hydrogens (tertiary/aromatic N) is 1. The van der Waals surface area contributed by atoms with E-state index < -0.39 is 0 Å². The average molecular weight is 285 g/mol. The lowest BCUT2D eigenvalue weighted by Crippen LogP contribution is -2.01. The van der Waals surface area contributed by atoms with Gasteiger partial charge in [0.25, 0.3) is 0 Å². The number of fused-ring (bicyclic) bond motifs is 3. The normalized spacial score (nSPS) is 13.6. The third-order valence-electron chi connectivity index (χ3n) is 4.25. The van der Waals surface area contributed by atoms with Crippen molar-refractivity contribution in [1.29, 1.82) is 0 Å². The Balaban J connectivity index is 2.01. The molecule has 2 aromatic rings. The fraction of sp³-hybridized carbons (Fsp3) is 0.500. The highest BCUT2D eigenvalue weighted by Gasteiger charge is 2.19. The van der Waals surface area contributed by atoms with Gasteiger partial charge in [0.1, 0.15) is 5.75 Å². The third kappa shape index (κ3) is 2.88. The first-order valence-electron chi connectivity index (χ1n) is 8.01. The minimum atomic E-state index is 0.271. The van der Waals surface area contributed by atoms with Gasteiger partial charge < -0.3 is 9.84 Å². The Labute approximate surface area is 126 Å². The smallest absolute Gasteiger partial charge is 0.120 e. The number of rotatable bonds is 6. The largest absolute Gasteiger partial charge is 0.494 e. The Morgan fingerprint density at radius 3 is 2.86 bits per heavy atom. The van der Waals surface area contributed by atoms with E-state index in [-0.39, 0.29) is 6.61 Å². The minimum absolute atomic E-state index is 0.271. The summed E-state index contributed by atoms with van der Waals surface area (Å²) >= 11 is 0. The molecule has 1 aromatic carbocycles. The summed E-state index contributed by atoms with van der Waals surface area (Å²) in [6.45, 7) is 2.98. The number of benzene rings is 1. The molecule has 3 heteroatoms. The van der Waals surface area contributed by atoms with E-state index in [0.717, 1.165) is 43.4 Å². The maximum absolute atomic E-state index is 8.96. The molecule has 21 heavy (non-hydrogen) atoms. The number of aryl methyl sites for hydroxylation is 2. The number of unbranched alkanes of at least 4 members (excludes halogenated alkanes) is 1. The molecule has 0 saturated heterocycles. The fourth-order valence-corrected chi connectivity index (χ4v) is 3.29. The quantitative estimate of drug-likeness (QED) is 0.827. The van der Waals surface area contributed by atoms with Crippen molar-refractivity contribution in [3.8, 4) is 5.75 Å². The third-order valence-corrected chi connectivity index (χ3v) is 4.25. The number of ether oxygens (including phenoxy) is 1. The molecule has 0 spiro atoms. The summed E-state index contributed by atoms with van der Waals surface area (Å²) < 4.78 is 5.63. The first-order valence-corrected chi connectivity index (χ1v) is 8.01. The monoisotopic (exact) mass is 285 g/mol. The van der Waals surface area contributed by atoms with Crippen LogP contribution in [0.4, 0.5) is 0 Å². The van der Waals surface area contributed by atoms with Crippen molar-refractivity contribution in [3.05, 3.63) is 35.0 Å². The van der Waals surface area contributed by atoms with Crippen molar-refractivity contribution < 1.29 is 9.84 Å². The van der Waals surface area contributed by atoms with Gasteiger partial charge in [0.2, 0.25) is 0 Å². The number of hydrogen-bond acceptors (Lipinski definition) is 3. The van der Waals surface area contributed by atoms with Gasteiger partial charge in [-0.15, -0.1) is 0 Å². The van der Waals surface area contributed by atoms with Crippen molar-refractivity contribution >= 4 is 10.9 Å². The second-order valence-corrected chi connectivity index (χ2v) is 5.66. The molecule has 3 nitrogen and oxygen atoms in total. The van der Waals surface area contributed by atoms with Gasteiger partial charge in [-0.25, -0.2) is 0 Å². The Morgan fingerprint density at radius 1 is 1.19 bits per heavy atom. The van der Waals surface area contributed by atoms with Crippen LogP contribution in [-0.2, 0) is 19.3 Å². The predicted molar refractivity (Wildman–Crippen MR) is 85.0 cm³/mol. The summed E-state index contributed by atoms with van der Waals surface area (Å²) in [7, 11) is 0. The molecule has 1 aliphatic carbocycles. The zero-order valence-corrected chi connectivity index (χ0v) is 12.7. The van der Waals surface area contributed by atoms with Crippen LogP contribution in [0.2, 0.25) is 0 Å². The van der Waals surface area contributed by atoms with Gasteiger partial charge in [-0.1, -0.05) is 0 Å². The van der Waals surface area contributed by atoms with Crippen LogP contribution < -0.4 is 4.74 Å². The van der Waals surface area contributed by atoms with Crippen molar-refractivity contribution in [2.45, 2.75) is 45.4 Å². The van der Waals surface area contributed by atoms with Gasteiger partial charge in [-0.05, 0) is 74.8 Å². The van der Waals surface area contributed by atoms with Crippen molar-refractivity contribution in [1.82, 2.24) is 4.98 Å². The molecule has 0 saturated carbocycles. The second kappa shape index (κ2) is 6.44. The van der Waals surface area contributed by atoms with Crippen LogP contribution in [0.1, 0.15) is 43.0 Å². The van der Waals surface area contributed by atoms with Gasteiger partial charge >= 0.3 is 0 Å². The molecule has 1 aromatic heterocycles. The van der Waals surface area contributed by atoms with Crippen LogP contribution in [-0.4, -0.2) is 23.3 Å². The Morgan fingerprint density at radius 2 is 2.05 bits per heavy atom. The highest BCUT2D eigenvalue weighted by molar-refractivity contribution is 5.85. The number of aliphatic hydroxyl groups excluding tert-OH is 1. The van der Waals surface area contributed by atoms with Crippen molar-refractivity contribution in [3.63, 3.8) is 0 Å². The first kappa shape index (κ1) is 14.3. The van der Waals surface area contributed by atoms with Crippen LogP contribution in [0.25, 0.3) is 10.9 Å². The molecule has 1 aliphatic rings. The van der Waals surface area contributed by atoms with Gasteiger partial charge in [0.15, 0.2) is 0 Å². The van der Waals surface area contributed by atoms with E-state index in [1.165, 1.54) is 28.6 Å². The molecule has 112 valence electrons. The van der Waals surface area contributed by atoms with E-state index in [4.69, 9.17) is 14.8 Å². The Bertz CT molecular complexity index is 637. The summed E-state index contributed by atoms with van der Waals surface area (Å²) in [5.41, 5.74) is 5.25. The molecule has 0 atom stereocenters. The number of hydrogen-bond donors (Lipinski definition) is 1. The number of aromatic nitrogens is 1. The van der Waals surface area contributed by atoms with Crippen molar-refractivity contribution in [2.24, 2.45) is 0 Å². The molecule has 3 rings (SSSR count). The Kier molecular flexibility index (Phi) is 4.39. The fourth-order valence-electron chi connectivity index (χ4n) is 3.29. The van der Waals surface area contributed by atoms with Crippen LogP contribution in [0, 0.1) is 0 Å². The highest BCUT2D eigenvalue weighted by Crippen LogP contribution is 2.33. The summed E-state index contributed by atoms with van der Waals surface area (Å²) in [6, 6.07) is 6.24. The van der Waals surface area contributed by atoms with Crippen LogP contribution in [0.5, 0.6) is 5.75 Å². The standard InChI is InChI=1S/C18H23NO2/c1-2-21-13-9-10-18-16(12-13)14-6-5-7-15(14)17(19-18)8-3-4-11-20/h9-10,12,20H,2-8,11H2,1H3. The maximum Gasteiger partial charge on any atom is 0.120 e. The maximum atomic E-state index is 8.96. The molecular weight excluding hydrogens is 262 g/mol. The van der Waals surface area contributed by atoms with Crippen LogP contribution >= 0.6 is 0 Å². The van der Waals surface area contributed by atoms with Gasteiger partial charge in [0, 0.05) is 17.7 Å². The first-order chi connectivity index (χ1) is 10.3. The molecule has 0 unspecified atom stereocenters. The van der Waals surface area contributed by atoms with E-state index in [1.54, 1.807) is 0 Å². The molecule has 0 radical (unpaired) electrons. The summed E-state index contributed by atoms with van der Waals surface area (Å²) in [5, 5.41) is 10.2. The van der Waals surface area contributed by atoms with Crippen LogP contribution in [0.3, 0.4) is 0 Å². The summed E-state index contributed by atoms with van der Waals surface area (Å²) in [4.78, 5) is 4.88. The summed E-state index contributed by atoms with van der Waals surface area (Å²) in [5.74, 6) is 0.939. The summed E-state index contributed by atoms with van der Waals surface area (Å²) in [6.07, 6.45) is 6.37. The molecule has 0 amide bonds. The van der Waals surface area contributed by atoms with Gasteiger partial charge in [0.05, 0.1) is 12.1 Å². The molecule has 1 heterocycles. The second-order valence-electron chi connectivity index (χ2n) is 5.66. The Hall–Kier alpha value is -1.61. The number of pyridine rings is 1. The zero-order valence-electron chi connectivity index (χ0n) is 12.7. The van der Waals surface area contributed by atoms with E-state index >= 15 is 0 Å². The van der Waals surface area contributed by atoms with E-state index in [9.17, 15) is 0 Å². The van der Waals surface area contributed by atoms with E-state index in [2.05, 4.69) is 12.1 Å². The van der Waals surface area contributed by atoms with E-state index in [0.29, 0.717) is 6.61 Å². The minimum Gasteiger partial charge on any atom is -0.494 e. The molecule has 0 aliphatic heterocycles. The average Bonchev–Trinajstić information content (AvgIpc) is 2.98. The zero-order chi connectivity index (χ0) is 14.7. The molecular formula is C18H23NO2. The number of aliphatic hydroxyl groups is 1. The van der Waals surface area contributed by atoms with E-state index in [1.807, 2.05) is 13.0 Å². The lowest BCUT2D eigenvalue weighted by Gasteiger charge is -2.12. The SMILES string of the molecule is CCOc1ccc2nc(CCCCO)c3c(c2c1)CCC3. The predicted octanol–water partition coefficient (Wildman–Crippen LogP) is 3.44. The van der Waals surface area contributed by atoms with Crippen molar-refractivity contribution in [2.75, 3.05) is 13.2 Å². The highest BCUT2D eigenvalue weighted by atomic mass is 16.5. The molecule has 0 bridgehead atoms. The lowest BCUT2D eigenvalue weighted by atomic mass is 10.00. The van der Waals surface area contributed by atoms with Gasteiger partial charge in [-0.2, -0.15) is 0 Å². The lowest BCUT2D eigenvalue weighted by molar-refractivity contribution is 0.284. The topological polar surface area (TPSA) is 42.4 Å². The van der Waals surface area contributed by atoms with Crippen LogP contribution in [0.15, 0.2) is 18.2 Å². The van der Waals surface area contributed by atoms with Gasteiger partial charge in [-0.3, -0.25) is 4.98 Å². The molecule has 1 N–H and O–H groups in total.